The van der Waals surface area contributed by atoms with E-state index in [1.165, 1.54) is 0 Å². The van der Waals surface area contributed by atoms with Crippen LogP contribution in [0, 0.1) is 0 Å². The monoisotopic (exact) mass is 217 g/mol. The topological polar surface area (TPSA) is 49.8 Å². The molecule has 0 rings (SSSR count). The zero-order valence-corrected chi connectivity index (χ0v) is 10.0. The number of carboxylic acids is 1. The lowest BCUT2D eigenvalue weighted by atomic mass is 10.2. The summed E-state index contributed by atoms with van der Waals surface area (Å²) in [7, 11) is 1.82. The molecular weight excluding hydrogens is 194 g/mol. The van der Waals surface area contributed by atoms with Crippen LogP contribution in [0.5, 0.6) is 0 Å². The highest BCUT2D eigenvalue weighted by Crippen LogP contribution is 2.01. The minimum Gasteiger partial charge on any atom is -0.480 e. The zero-order chi connectivity index (χ0) is 11.7. The fourth-order valence-corrected chi connectivity index (χ4v) is 1.39. The SMILES string of the molecule is CCCCOCCN(C)C(CC)C(=O)O. The van der Waals surface area contributed by atoms with Gasteiger partial charge in [0.2, 0.25) is 0 Å². The van der Waals surface area contributed by atoms with Crippen LogP contribution < -0.4 is 0 Å². The number of hydrogen-bond acceptors (Lipinski definition) is 3. The van der Waals surface area contributed by atoms with E-state index in [-0.39, 0.29) is 6.04 Å². The first kappa shape index (κ1) is 14.4. The van der Waals surface area contributed by atoms with Crippen LogP contribution in [0.2, 0.25) is 0 Å². The van der Waals surface area contributed by atoms with Crippen LogP contribution in [-0.4, -0.2) is 48.8 Å². The van der Waals surface area contributed by atoms with E-state index in [1.54, 1.807) is 0 Å². The molecule has 4 heteroatoms. The van der Waals surface area contributed by atoms with Crippen LogP contribution in [0.4, 0.5) is 0 Å². The van der Waals surface area contributed by atoms with Crippen LogP contribution in [0.1, 0.15) is 33.1 Å². The molecule has 0 aromatic heterocycles. The zero-order valence-electron chi connectivity index (χ0n) is 10.0. The largest absolute Gasteiger partial charge is 0.480 e. The molecule has 0 aromatic carbocycles. The summed E-state index contributed by atoms with van der Waals surface area (Å²) in [6.45, 7) is 6.06. The normalized spacial score (nSPS) is 13.1. The van der Waals surface area contributed by atoms with Gasteiger partial charge in [-0.05, 0) is 19.9 Å². The third-order valence-corrected chi connectivity index (χ3v) is 2.43. The van der Waals surface area contributed by atoms with Gasteiger partial charge in [0.25, 0.3) is 0 Å². The molecule has 0 aliphatic heterocycles. The summed E-state index contributed by atoms with van der Waals surface area (Å²) in [5.74, 6) is -0.756. The van der Waals surface area contributed by atoms with E-state index in [2.05, 4.69) is 6.92 Å². The molecule has 0 aromatic rings. The lowest BCUT2D eigenvalue weighted by Gasteiger charge is -2.23. The van der Waals surface area contributed by atoms with E-state index in [9.17, 15) is 4.79 Å². The average molecular weight is 217 g/mol. The van der Waals surface area contributed by atoms with Crippen molar-refractivity contribution in [1.29, 1.82) is 0 Å². The molecule has 4 nitrogen and oxygen atoms in total. The Labute approximate surface area is 92.2 Å². The molecule has 0 spiro atoms. The second-order valence-electron chi connectivity index (χ2n) is 3.71. The number of ether oxygens (including phenoxy) is 1. The molecule has 1 unspecified atom stereocenters. The van der Waals surface area contributed by atoms with Crippen molar-refractivity contribution in [2.75, 3.05) is 26.8 Å². The first-order valence-corrected chi connectivity index (χ1v) is 5.64. The Balaban J connectivity index is 3.62. The van der Waals surface area contributed by atoms with Gasteiger partial charge >= 0.3 is 5.97 Å². The Morgan fingerprint density at radius 2 is 2.07 bits per heavy atom. The molecule has 15 heavy (non-hydrogen) atoms. The van der Waals surface area contributed by atoms with E-state index >= 15 is 0 Å². The third-order valence-electron chi connectivity index (χ3n) is 2.43. The molecule has 0 heterocycles. The summed E-state index contributed by atoms with van der Waals surface area (Å²) in [5, 5.41) is 8.90. The van der Waals surface area contributed by atoms with Crippen LogP contribution in [0.25, 0.3) is 0 Å². The molecule has 0 aliphatic rings. The standard InChI is InChI=1S/C11H23NO3/c1-4-6-8-15-9-7-12(3)10(5-2)11(13)14/h10H,4-9H2,1-3H3,(H,13,14). The molecular formula is C11H23NO3. The minimum atomic E-state index is -0.756. The number of likely N-dealkylation sites (N-methyl/N-ethyl adjacent to an activating group) is 1. The smallest absolute Gasteiger partial charge is 0.320 e. The van der Waals surface area contributed by atoms with E-state index in [0.29, 0.717) is 19.6 Å². The van der Waals surface area contributed by atoms with E-state index in [1.807, 2.05) is 18.9 Å². The van der Waals surface area contributed by atoms with Crippen molar-refractivity contribution in [2.45, 2.75) is 39.2 Å². The van der Waals surface area contributed by atoms with Crippen molar-refractivity contribution >= 4 is 5.97 Å². The summed E-state index contributed by atoms with van der Waals surface area (Å²) in [4.78, 5) is 12.7. The lowest BCUT2D eigenvalue weighted by molar-refractivity contribution is -0.143. The lowest BCUT2D eigenvalue weighted by Crippen LogP contribution is -2.39. The van der Waals surface area contributed by atoms with Crippen molar-refractivity contribution in [3.8, 4) is 0 Å². The number of nitrogens with zero attached hydrogens (tertiary/aromatic N) is 1. The number of carboxylic acid groups (broad SMARTS) is 1. The van der Waals surface area contributed by atoms with Crippen LogP contribution in [0.3, 0.4) is 0 Å². The van der Waals surface area contributed by atoms with Gasteiger partial charge in [-0.1, -0.05) is 20.3 Å². The predicted molar refractivity (Wildman–Crippen MR) is 60.1 cm³/mol. The molecule has 0 bridgehead atoms. The molecule has 0 saturated carbocycles. The van der Waals surface area contributed by atoms with E-state index in [0.717, 1.165) is 19.4 Å². The number of hydrogen-bond donors (Lipinski definition) is 1. The van der Waals surface area contributed by atoms with Gasteiger partial charge in [-0.2, -0.15) is 0 Å². The van der Waals surface area contributed by atoms with E-state index < -0.39 is 5.97 Å². The summed E-state index contributed by atoms with van der Waals surface area (Å²) >= 11 is 0. The summed E-state index contributed by atoms with van der Waals surface area (Å²) in [6.07, 6.45) is 2.82. The molecule has 0 aliphatic carbocycles. The molecule has 1 N–H and O–H groups in total. The molecule has 0 fully saturated rings. The van der Waals surface area contributed by atoms with Gasteiger partial charge in [-0.25, -0.2) is 0 Å². The molecule has 1 atom stereocenters. The van der Waals surface area contributed by atoms with Gasteiger partial charge in [-0.3, -0.25) is 9.69 Å². The highest BCUT2D eigenvalue weighted by atomic mass is 16.5. The van der Waals surface area contributed by atoms with Crippen molar-refractivity contribution < 1.29 is 14.6 Å². The Morgan fingerprint density at radius 1 is 1.40 bits per heavy atom. The second kappa shape index (κ2) is 8.68. The van der Waals surface area contributed by atoms with Crippen molar-refractivity contribution in [1.82, 2.24) is 4.90 Å². The van der Waals surface area contributed by atoms with Crippen molar-refractivity contribution in [3.05, 3.63) is 0 Å². The third kappa shape index (κ3) is 6.47. The number of aliphatic carboxylic acids is 1. The fraction of sp³-hybridized carbons (Fsp3) is 0.909. The van der Waals surface area contributed by atoms with Crippen LogP contribution >= 0.6 is 0 Å². The maximum Gasteiger partial charge on any atom is 0.320 e. The molecule has 90 valence electrons. The Hall–Kier alpha value is -0.610. The highest BCUT2D eigenvalue weighted by Gasteiger charge is 2.19. The summed E-state index contributed by atoms with van der Waals surface area (Å²) in [5.41, 5.74) is 0. The maximum absolute atomic E-state index is 10.8. The first-order valence-electron chi connectivity index (χ1n) is 5.64. The van der Waals surface area contributed by atoms with Gasteiger partial charge in [0.05, 0.1) is 6.61 Å². The summed E-state index contributed by atoms with van der Waals surface area (Å²) in [6, 6.07) is -0.389. The van der Waals surface area contributed by atoms with E-state index in [4.69, 9.17) is 9.84 Å². The average Bonchev–Trinajstić information content (AvgIpc) is 2.18. The van der Waals surface area contributed by atoms with Gasteiger partial charge < -0.3 is 9.84 Å². The quantitative estimate of drug-likeness (QED) is 0.596. The minimum absolute atomic E-state index is 0.389. The van der Waals surface area contributed by atoms with Gasteiger partial charge in [-0.15, -0.1) is 0 Å². The number of carbonyl (C=O) groups is 1. The predicted octanol–water partition coefficient (Wildman–Crippen LogP) is 1.60. The van der Waals surface area contributed by atoms with Crippen molar-refractivity contribution in [3.63, 3.8) is 0 Å². The van der Waals surface area contributed by atoms with Gasteiger partial charge in [0.1, 0.15) is 6.04 Å². The number of rotatable bonds is 9. The Bertz CT molecular complexity index is 173. The van der Waals surface area contributed by atoms with Crippen LogP contribution in [0.15, 0.2) is 0 Å². The highest BCUT2D eigenvalue weighted by molar-refractivity contribution is 5.73. The maximum atomic E-state index is 10.8. The Morgan fingerprint density at radius 3 is 2.53 bits per heavy atom. The first-order chi connectivity index (χ1) is 7.13. The summed E-state index contributed by atoms with van der Waals surface area (Å²) < 4.78 is 5.38. The number of unbranched alkanes of at least 4 members (excludes halogenated alkanes) is 1. The van der Waals surface area contributed by atoms with Crippen molar-refractivity contribution in [2.24, 2.45) is 0 Å². The second-order valence-corrected chi connectivity index (χ2v) is 3.71. The molecule has 0 amide bonds. The molecule has 0 saturated heterocycles. The molecule has 0 radical (unpaired) electrons. The fourth-order valence-electron chi connectivity index (χ4n) is 1.39. The van der Waals surface area contributed by atoms with Gasteiger partial charge in [0.15, 0.2) is 0 Å². The Kier molecular flexibility index (Phi) is 8.33. The van der Waals surface area contributed by atoms with Gasteiger partial charge in [0, 0.05) is 13.2 Å². The van der Waals surface area contributed by atoms with Crippen LogP contribution in [-0.2, 0) is 9.53 Å².